The third kappa shape index (κ3) is 3.16. The van der Waals surface area contributed by atoms with E-state index in [0.29, 0.717) is 10.8 Å². The predicted molar refractivity (Wildman–Crippen MR) is 70.6 cm³/mol. The van der Waals surface area contributed by atoms with Crippen LogP contribution in [0.3, 0.4) is 0 Å². The van der Waals surface area contributed by atoms with Crippen molar-refractivity contribution in [3.63, 3.8) is 0 Å². The summed E-state index contributed by atoms with van der Waals surface area (Å²) in [6.07, 6.45) is 0. The molecule has 17 heavy (non-hydrogen) atoms. The van der Waals surface area contributed by atoms with Crippen LogP contribution in [0.2, 0.25) is 5.02 Å². The molecular weight excluding hydrogens is 328 g/mol. The fourth-order valence-corrected chi connectivity index (χ4v) is 2.53. The molecule has 2 aromatic rings. The minimum Gasteiger partial charge on any atom is -0.467 e. The van der Waals surface area contributed by atoms with Crippen molar-refractivity contribution < 1.29 is 9.47 Å². The monoisotopic (exact) mass is 334 g/mol. The summed E-state index contributed by atoms with van der Waals surface area (Å²) in [5.74, 6) is 0.628. The van der Waals surface area contributed by atoms with Crippen LogP contribution in [-0.4, -0.2) is 24.1 Å². The predicted octanol–water partition coefficient (Wildman–Crippen LogP) is 3.60. The Labute approximate surface area is 116 Å². The standard InChI is InChI=1S/C10H8BrClN2O2S/c1-15-5-16-8-4-6(12)2-3-7(8)9-13-14-10(11)17-9/h2-4H,5H2,1H3. The number of methoxy groups -OCH3 is 1. The Bertz CT molecular complexity index is 521. The molecule has 1 aromatic carbocycles. The lowest BCUT2D eigenvalue weighted by Gasteiger charge is -2.08. The van der Waals surface area contributed by atoms with E-state index in [-0.39, 0.29) is 6.79 Å². The molecule has 2 rings (SSSR count). The van der Waals surface area contributed by atoms with Crippen LogP contribution in [0.4, 0.5) is 0 Å². The molecule has 4 nitrogen and oxygen atoms in total. The first-order chi connectivity index (χ1) is 8.20. The second-order valence-electron chi connectivity index (χ2n) is 3.05. The fraction of sp³-hybridized carbons (Fsp3) is 0.200. The highest BCUT2D eigenvalue weighted by Gasteiger charge is 2.12. The lowest BCUT2D eigenvalue weighted by atomic mass is 10.2. The van der Waals surface area contributed by atoms with Crippen LogP contribution in [0, 0.1) is 0 Å². The van der Waals surface area contributed by atoms with Gasteiger partial charge in [-0.3, -0.25) is 0 Å². The van der Waals surface area contributed by atoms with Crippen LogP contribution in [-0.2, 0) is 4.74 Å². The zero-order chi connectivity index (χ0) is 12.3. The first-order valence-electron chi connectivity index (χ1n) is 4.61. The van der Waals surface area contributed by atoms with Gasteiger partial charge in [0.2, 0.25) is 0 Å². The van der Waals surface area contributed by atoms with E-state index in [0.717, 1.165) is 14.5 Å². The summed E-state index contributed by atoms with van der Waals surface area (Å²) in [4.78, 5) is 0. The summed E-state index contributed by atoms with van der Waals surface area (Å²) in [6, 6.07) is 5.36. The summed E-state index contributed by atoms with van der Waals surface area (Å²) < 4.78 is 11.0. The number of nitrogens with zero attached hydrogens (tertiary/aromatic N) is 2. The molecule has 1 aromatic heterocycles. The van der Waals surface area contributed by atoms with Gasteiger partial charge in [-0.25, -0.2) is 0 Å². The maximum absolute atomic E-state index is 5.93. The second kappa shape index (κ2) is 5.77. The lowest BCUT2D eigenvalue weighted by Crippen LogP contribution is -2.00. The van der Waals surface area contributed by atoms with Gasteiger partial charge in [-0.1, -0.05) is 22.9 Å². The highest BCUT2D eigenvalue weighted by atomic mass is 79.9. The minimum atomic E-state index is 0.160. The molecular formula is C10H8BrClN2O2S. The van der Waals surface area contributed by atoms with Gasteiger partial charge < -0.3 is 9.47 Å². The van der Waals surface area contributed by atoms with Crippen LogP contribution in [0.15, 0.2) is 22.1 Å². The number of hydrogen-bond donors (Lipinski definition) is 0. The van der Waals surface area contributed by atoms with E-state index in [1.807, 2.05) is 6.07 Å². The zero-order valence-corrected chi connectivity index (χ0v) is 12.0. The molecule has 0 aliphatic rings. The number of halogens is 2. The first kappa shape index (κ1) is 12.8. The SMILES string of the molecule is COCOc1cc(Cl)ccc1-c1nnc(Br)s1. The normalized spacial score (nSPS) is 10.5. The van der Waals surface area contributed by atoms with Crippen molar-refractivity contribution in [3.05, 3.63) is 27.1 Å². The molecule has 0 saturated carbocycles. The van der Waals surface area contributed by atoms with Gasteiger partial charge in [0, 0.05) is 12.1 Å². The van der Waals surface area contributed by atoms with Gasteiger partial charge in [-0.05, 0) is 34.1 Å². The van der Waals surface area contributed by atoms with E-state index in [9.17, 15) is 0 Å². The Morgan fingerprint density at radius 2 is 2.24 bits per heavy atom. The molecule has 0 saturated heterocycles. The van der Waals surface area contributed by atoms with Crippen molar-refractivity contribution >= 4 is 38.9 Å². The summed E-state index contributed by atoms with van der Waals surface area (Å²) in [5.41, 5.74) is 0.842. The Kier molecular flexibility index (Phi) is 4.33. The van der Waals surface area contributed by atoms with E-state index in [4.69, 9.17) is 21.1 Å². The van der Waals surface area contributed by atoms with Crippen molar-refractivity contribution in [3.8, 4) is 16.3 Å². The number of hydrogen-bond acceptors (Lipinski definition) is 5. The molecule has 0 fully saturated rings. The highest BCUT2D eigenvalue weighted by Crippen LogP contribution is 2.35. The average molecular weight is 336 g/mol. The molecule has 0 bridgehead atoms. The smallest absolute Gasteiger partial charge is 0.188 e. The maximum Gasteiger partial charge on any atom is 0.188 e. The van der Waals surface area contributed by atoms with Crippen molar-refractivity contribution in [2.45, 2.75) is 0 Å². The number of aromatic nitrogens is 2. The van der Waals surface area contributed by atoms with Gasteiger partial charge in [0.25, 0.3) is 0 Å². The summed E-state index contributed by atoms with van der Waals surface area (Å²) >= 11 is 10.6. The second-order valence-corrected chi connectivity index (χ2v) is 5.74. The van der Waals surface area contributed by atoms with Gasteiger partial charge in [-0.2, -0.15) is 0 Å². The largest absolute Gasteiger partial charge is 0.467 e. The third-order valence-electron chi connectivity index (χ3n) is 1.91. The minimum absolute atomic E-state index is 0.160. The van der Waals surface area contributed by atoms with Crippen molar-refractivity contribution in [2.75, 3.05) is 13.9 Å². The van der Waals surface area contributed by atoms with Crippen molar-refractivity contribution in [1.82, 2.24) is 10.2 Å². The van der Waals surface area contributed by atoms with Crippen LogP contribution in [0.25, 0.3) is 10.6 Å². The molecule has 0 unspecified atom stereocenters. The van der Waals surface area contributed by atoms with Crippen LogP contribution >= 0.6 is 38.9 Å². The number of rotatable bonds is 4. The topological polar surface area (TPSA) is 44.2 Å². The summed E-state index contributed by atoms with van der Waals surface area (Å²) in [6.45, 7) is 0.160. The molecule has 0 aliphatic heterocycles. The molecule has 90 valence electrons. The van der Waals surface area contributed by atoms with Gasteiger partial charge >= 0.3 is 0 Å². The van der Waals surface area contributed by atoms with Gasteiger partial charge in [0.15, 0.2) is 15.7 Å². The number of ether oxygens (including phenoxy) is 2. The zero-order valence-electron chi connectivity index (χ0n) is 8.81. The van der Waals surface area contributed by atoms with Crippen molar-refractivity contribution in [2.24, 2.45) is 0 Å². The van der Waals surface area contributed by atoms with E-state index in [2.05, 4.69) is 26.1 Å². The Morgan fingerprint density at radius 1 is 1.41 bits per heavy atom. The number of benzene rings is 1. The lowest BCUT2D eigenvalue weighted by molar-refractivity contribution is 0.0515. The van der Waals surface area contributed by atoms with E-state index < -0.39 is 0 Å². The van der Waals surface area contributed by atoms with E-state index in [1.54, 1.807) is 19.2 Å². The third-order valence-corrected chi connectivity index (χ3v) is 3.53. The van der Waals surface area contributed by atoms with E-state index in [1.165, 1.54) is 11.3 Å². The molecule has 1 heterocycles. The molecule has 7 heteroatoms. The highest BCUT2D eigenvalue weighted by molar-refractivity contribution is 9.11. The Balaban J connectivity index is 2.38. The van der Waals surface area contributed by atoms with Crippen LogP contribution < -0.4 is 4.74 Å². The first-order valence-corrected chi connectivity index (χ1v) is 6.60. The Hall–Kier alpha value is -0.690. The molecule has 0 atom stereocenters. The molecule has 0 N–H and O–H groups in total. The molecule has 0 spiro atoms. The van der Waals surface area contributed by atoms with Gasteiger partial charge in [0.05, 0.1) is 5.56 Å². The summed E-state index contributed by atoms with van der Waals surface area (Å²) in [7, 11) is 1.56. The van der Waals surface area contributed by atoms with Crippen LogP contribution in [0.5, 0.6) is 5.75 Å². The van der Waals surface area contributed by atoms with Crippen molar-refractivity contribution in [1.29, 1.82) is 0 Å². The molecule has 0 amide bonds. The van der Waals surface area contributed by atoms with Gasteiger partial charge in [0.1, 0.15) is 5.75 Å². The molecule has 0 radical (unpaired) electrons. The van der Waals surface area contributed by atoms with E-state index >= 15 is 0 Å². The molecule has 0 aliphatic carbocycles. The maximum atomic E-state index is 5.93. The van der Waals surface area contributed by atoms with Crippen LogP contribution in [0.1, 0.15) is 0 Å². The Morgan fingerprint density at radius 3 is 2.88 bits per heavy atom. The summed E-state index contributed by atoms with van der Waals surface area (Å²) in [5, 5.41) is 9.31. The quantitative estimate of drug-likeness (QED) is 0.801. The fourth-order valence-electron chi connectivity index (χ4n) is 1.23. The average Bonchev–Trinajstić information content (AvgIpc) is 2.73. The van der Waals surface area contributed by atoms with Gasteiger partial charge in [-0.15, -0.1) is 10.2 Å².